The van der Waals surface area contributed by atoms with Gasteiger partial charge >= 0.3 is 0 Å². The Hall–Kier alpha value is -2.49. The molecule has 4 nitrogen and oxygen atoms in total. The lowest BCUT2D eigenvalue weighted by Gasteiger charge is -2.23. The molecule has 1 unspecified atom stereocenters. The quantitative estimate of drug-likeness (QED) is 0.636. The average molecular weight is 351 g/mol. The van der Waals surface area contributed by atoms with Crippen molar-refractivity contribution in [2.75, 3.05) is 14.2 Å². The Labute approximate surface area is 155 Å². The van der Waals surface area contributed by atoms with Gasteiger partial charge in [0.1, 0.15) is 17.5 Å². The standard InChI is InChI=1S/C22H27N2O2/c1-5-6-7-16-12-15-13-17(25-3)8-10-19(15)22-23(2)21-14-18(26-4)9-11-20(21)24(16)22/h8-11,13-14,16H,5-7,12H2,1-4H3/q+1. The van der Waals surface area contributed by atoms with Crippen LogP contribution in [0.15, 0.2) is 36.4 Å². The zero-order valence-corrected chi connectivity index (χ0v) is 16.1. The molecule has 2 heterocycles. The fourth-order valence-corrected chi connectivity index (χ4v) is 4.27. The molecular formula is C22H27N2O2+. The van der Waals surface area contributed by atoms with E-state index in [-0.39, 0.29) is 0 Å². The number of rotatable bonds is 5. The molecule has 4 heteroatoms. The number of methoxy groups -OCH3 is 2. The zero-order chi connectivity index (χ0) is 18.3. The largest absolute Gasteiger partial charge is 0.497 e. The molecule has 0 fully saturated rings. The van der Waals surface area contributed by atoms with E-state index in [4.69, 9.17) is 9.47 Å². The van der Waals surface area contributed by atoms with E-state index >= 15 is 0 Å². The van der Waals surface area contributed by atoms with Crippen LogP contribution in [0.4, 0.5) is 0 Å². The third-order valence-electron chi connectivity index (χ3n) is 5.61. The molecule has 26 heavy (non-hydrogen) atoms. The highest BCUT2D eigenvalue weighted by Gasteiger charge is 2.36. The summed E-state index contributed by atoms with van der Waals surface area (Å²) in [5.74, 6) is 3.11. The molecule has 0 aliphatic carbocycles. The first kappa shape index (κ1) is 17.0. The molecule has 2 aromatic carbocycles. The van der Waals surface area contributed by atoms with Crippen molar-refractivity contribution in [2.24, 2.45) is 7.05 Å². The summed E-state index contributed by atoms with van der Waals surface area (Å²) in [6.45, 7) is 2.26. The lowest BCUT2D eigenvalue weighted by Crippen LogP contribution is -2.45. The highest BCUT2D eigenvalue weighted by molar-refractivity contribution is 5.79. The number of benzene rings is 2. The number of aromatic nitrogens is 2. The number of imidazole rings is 1. The Morgan fingerprint density at radius 1 is 1.08 bits per heavy atom. The van der Waals surface area contributed by atoms with Crippen LogP contribution in [-0.4, -0.2) is 18.8 Å². The SMILES string of the molecule is CCCCC1Cc2cc(OC)ccc2-c2n(C)c3cc(OC)ccc3[n+]21. The predicted octanol–water partition coefficient (Wildman–Crippen LogP) is 4.44. The normalized spacial score (nSPS) is 15.6. The number of fused-ring (bicyclic) bond motifs is 5. The van der Waals surface area contributed by atoms with Gasteiger partial charge in [0, 0.05) is 12.5 Å². The minimum absolute atomic E-state index is 0.474. The minimum atomic E-state index is 0.474. The Bertz CT molecular complexity index is 958. The van der Waals surface area contributed by atoms with Crippen LogP contribution in [-0.2, 0) is 13.5 Å². The van der Waals surface area contributed by atoms with E-state index in [1.54, 1.807) is 14.2 Å². The maximum absolute atomic E-state index is 5.47. The molecule has 0 saturated heterocycles. The first-order valence-corrected chi connectivity index (χ1v) is 9.43. The van der Waals surface area contributed by atoms with Gasteiger partial charge in [0.05, 0.1) is 26.8 Å². The fourth-order valence-electron chi connectivity index (χ4n) is 4.27. The number of aryl methyl sites for hydroxylation is 1. The van der Waals surface area contributed by atoms with Crippen molar-refractivity contribution in [3.8, 4) is 22.9 Å². The van der Waals surface area contributed by atoms with Gasteiger partial charge in [0.2, 0.25) is 0 Å². The summed E-state index contributed by atoms with van der Waals surface area (Å²) in [7, 11) is 5.62. The Morgan fingerprint density at radius 3 is 2.54 bits per heavy atom. The summed E-state index contributed by atoms with van der Waals surface area (Å²) >= 11 is 0. The minimum Gasteiger partial charge on any atom is -0.497 e. The Kier molecular flexibility index (Phi) is 4.35. The number of hydrogen-bond acceptors (Lipinski definition) is 2. The Morgan fingerprint density at radius 2 is 1.81 bits per heavy atom. The van der Waals surface area contributed by atoms with E-state index < -0.39 is 0 Å². The molecule has 1 aromatic heterocycles. The summed E-state index contributed by atoms with van der Waals surface area (Å²) in [5.41, 5.74) is 5.18. The van der Waals surface area contributed by atoms with Gasteiger partial charge < -0.3 is 9.47 Å². The van der Waals surface area contributed by atoms with Crippen LogP contribution in [0.3, 0.4) is 0 Å². The monoisotopic (exact) mass is 351 g/mol. The molecule has 0 N–H and O–H groups in total. The summed E-state index contributed by atoms with van der Waals surface area (Å²) in [6, 6.07) is 13.3. The van der Waals surface area contributed by atoms with Gasteiger partial charge in [0.25, 0.3) is 5.82 Å². The topological polar surface area (TPSA) is 27.3 Å². The van der Waals surface area contributed by atoms with E-state index in [0.29, 0.717) is 6.04 Å². The second kappa shape index (κ2) is 6.67. The predicted molar refractivity (Wildman–Crippen MR) is 104 cm³/mol. The van der Waals surface area contributed by atoms with Crippen molar-refractivity contribution in [2.45, 2.75) is 38.6 Å². The van der Waals surface area contributed by atoms with E-state index in [1.165, 1.54) is 47.2 Å². The van der Waals surface area contributed by atoms with Crippen LogP contribution in [0.2, 0.25) is 0 Å². The third-order valence-corrected chi connectivity index (χ3v) is 5.61. The van der Waals surface area contributed by atoms with Crippen molar-refractivity contribution in [1.29, 1.82) is 0 Å². The number of ether oxygens (including phenoxy) is 2. The van der Waals surface area contributed by atoms with Gasteiger partial charge in [-0.25, -0.2) is 9.13 Å². The lowest BCUT2D eigenvalue weighted by atomic mass is 9.92. The molecular weight excluding hydrogens is 324 g/mol. The van der Waals surface area contributed by atoms with Crippen LogP contribution in [0, 0.1) is 0 Å². The third kappa shape index (κ3) is 2.56. The highest BCUT2D eigenvalue weighted by atomic mass is 16.5. The molecule has 0 amide bonds. The molecule has 136 valence electrons. The molecule has 0 radical (unpaired) electrons. The van der Waals surface area contributed by atoms with Crippen molar-refractivity contribution in [3.05, 3.63) is 42.0 Å². The van der Waals surface area contributed by atoms with E-state index in [1.807, 2.05) is 0 Å². The second-order valence-electron chi connectivity index (χ2n) is 7.13. The van der Waals surface area contributed by atoms with Gasteiger partial charge in [-0.2, -0.15) is 0 Å². The average Bonchev–Trinajstić information content (AvgIpc) is 2.98. The summed E-state index contributed by atoms with van der Waals surface area (Å²) in [4.78, 5) is 0. The molecule has 1 atom stereocenters. The number of unbranched alkanes of at least 4 members (excludes halogenated alkanes) is 1. The molecule has 4 rings (SSSR count). The van der Waals surface area contributed by atoms with Crippen molar-refractivity contribution in [3.63, 3.8) is 0 Å². The van der Waals surface area contributed by atoms with Crippen molar-refractivity contribution >= 4 is 11.0 Å². The molecule has 1 aliphatic heterocycles. The van der Waals surface area contributed by atoms with E-state index in [0.717, 1.165) is 17.9 Å². The van der Waals surface area contributed by atoms with Gasteiger partial charge in [0.15, 0.2) is 11.0 Å². The van der Waals surface area contributed by atoms with Crippen molar-refractivity contribution in [1.82, 2.24) is 4.57 Å². The van der Waals surface area contributed by atoms with Crippen LogP contribution in [0.25, 0.3) is 22.4 Å². The summed E-state index contributed by atoms with van der Waals surface area (Å²) in [5, 5.41) is 0. The maximum Gasteiger partial charge on any atom is 0.290 e. The lowest BCUT2D eigenvalue weighted by molar-refractivity contribution is -0.691. The summed E-state index contributed by atoms with van der Waals surface area (Å²) in [6.07, 6.45) is 4.70. The highest BCUT2D eigenvalue weighted by Crippen LogP contribution is 2.37. The molecule has 3 aromatic rings. The van der Waals surface area contributed by atoms with Gasteiger partial charge in [-0.05, 0) is 48.7 Å². The second-order valence-corrected chi connectivity index (χ2v) is 7.13. The molecule has 0 saturated carbocycles. The molecule has 1 aliphatic rings. The van der Waals surface area contributed by atoms with Gasteiger partial charge in [-0.1, -0.05) is 13.3 Å². The van der Waals surface area contributed by atoms with Crippen molar-refractivity contribution < 1.29 is 14.0 Å². The maximum atomic E-state index is 5.47. The zero-order valence-electron chi connectivity index (χ0n) is 16.1. The van der Waals surface area contributed by atoms with Gasteiger partial charge in [-0.3, -0.25) is 0 Å². The summed E-state index contributed by atoms with van der Waals surface area (Å²) < 4.78 is 15.8. The smallest absolute Gasteiger partial charge is 0.290 e. The molecule has 0 spiro atoms. The van der Waals surface area contributed by atoms with E-state index in [2.05, 4.69) is 59.5 Å². The van der Waals surface area contributed by atoms with Crippen LogP contribution >= 0.6 is 0 Å². The molecule has 0 bridgehead atoms. The Balaban J connectivity index is 1.97. The van der Waals surface area contributed by atoms with E-state index in [9.17, 15) is 0 Å². The first-order valence-electron chi connectivity index (χ1n) is 9.43. The van der Waals surface area contributed by atoms with Crippen LogP contribution in [0.1, 0.15) is 37.8 Å². The number of hydrogen-bond donors (Lipinski definition) is 0. The fraction of sp³-hybridized carbons (Fsp3) is 0.409. The number of nitrogens with zero attached hydrogens (tertiary/aromatic N) is 2. The van der Waals surface area contributed by atoms with Crippen LogP contribution < -0.4 is 14.0 Å². The first-order chi connectivity index (χ1) is 12.7. The van der Waals surface area contributed by atoms with Gasteiger partial charge in [-0.15, -0.1) is 0 Å². The van der Waals surface area contributed by atoms with Crippen LogP contribution in [0.5, 0.6) is 11.5 Å².